The first-order chi connectivity index (χ1) is 7.86. The van der Waals surface area contributed by atoms with Crippen LogP contribution in [-0.4, -0.2) is 50.8 Å². The molecule has 2 aliphatic rings. The molecule has 2 aliphatic heterocycles. The van der Waals surface area contributed by atoms with Crippen LogP contribution < -0.4 is 5.32 Å². The Balaban J connectivity index is 1.74. The molecule has 0 aromatic rings. The van der Waals surface area contributed by atoms with Crippen LogP contribution in [0.25, 0.3) is 0 Å². The van der Waals surface area contributed by atoms with Crippen molar-refractivity contribution < 1.29 is 4.74 Å². The number of nitrogens with zero attached hydrogens (tertiary/aromatic N) is 1. The molecule has 0 amide bonds. The van der Waals surface area contributed by atoms with Gasteiger partial charge in [0.05, 0.1) is 0 Å². The number of ether oxygens (including phenoxy) is 1. The van der Waals surface area contributed by atoms with E-state index < -0.39 is 0 Å². The summed E-state index contributed by atoms with van der Waals surface area (Å²) in [7, 11) is 2.30. The molecule has 2 saturated heterocycles. The van der Waals surface area contributed by atoms with Gasteiger partial charge in [-0.15, -0.1) is 0 Å². The first-order valence-electron chi connectivity index (χ1n) is 6.85. The van der Waals surface area contributed by atoms with Gasteiger partial charge in [0.2, 0.25) is 0 Å². The average molecular weight is 226 g/mol. The summed E-state index contributed by atoms with van der Waals surface area (Å²) in [5.74, 6) is 0.864. The van der Waals surface area contributed by atoms with Gasteiger partial charge in [-0.05, 0) is 58.2 Å². The monoisotopic (exact) mass is 226 g/mol. The highest BCUT2D eigenvalue weighted by Crippen LogP contribution is 2.17. The zero-order valence-electron chi connectivity index (χ0n) is 10.6. The van der Waals surface area contributed by atoms with E-state index in [0.29, 0.717) is 0 Å². The van der Waals surface area contributed by atoms with Gasteiger partial charge in [-0.1, -0.05) is 0 Å². The molecule has 2 fully saturated rings. The molecule has 2 rings (SSSR count). The summed E-state index contributed by atoms with van der Waals surface area (Å²) < 4.78 is 5.53. The summed E-state index contributed by atoms with van der Waals surface area (Å²) in [6.45, 7) is 5.62. The quantitative estimate of drug-likeness (QED) is 0.789. The Bertz CT molecular complexity index is 184. The second-order valence-corrected chi connectivity index (χ2v) is 5.35. The Labute approximate surface area is 99.5 Å². The highest BCUT2D eigenvalue weighted by atomic mass is 16.5. The van der Waals surface area contributed by atoms with Crippen LogP contribution in [0, 0.1) is 5.92 Å². The SMILES string of the molecule is CN(CC1CCCNC1)C1CCCOCC1. The Kier molecular flexibility index (Phi) is 5.07. The van der Waals surface area contributed by atoms with Crippen molar-refractivity contribution in [3.05, 3.63) is 0 Å². The van der Waals surface area contributed by atoms with Crippen LogP contribution in [0.15, 0.2) is 0 Å². The van der Waals surface area contributed by atoms with Crippen molar-refractivity contribution in [2.24, 2.45) is 5.92 Å². The maximum Gasteiger partial charge on any atom is 0.0480 e. The molecule has 0 bridgehead atoms. The molecule has 2 unspecified atom stereocenters. The summed E-state index contributed by atoms with van der Waals surface area (Å²) in [6.07, 6.45) is 6.53. The van der Waals surface area contributed by atoms with E-state index in [1.807, 2.05) is 0 Å². The third kappa shape index (κ3) is 3.72. The predicted octanol–water partition coefficient (Wildman–Crippen LogP) is 1.49. The molecular formula is C13H26N2O. The van der Waals surface area contributed by atoms with Gasteiger partial charge in [-0.3, -0.25) is 0 Å². The van der Waals surface area contributed by atoms with E-state index in [1.165, 1.54) is 51.7 Å². The molecule has 3 nitrogen and oxygen atoms in total. The molecule has 0 aliphatic carbocycles. The Morgan fingerprint density at radius 3 is 2.94 bits per heavy atom. The largest absolute Gasteiger partial charge is 0.381 e. The minimum atomic E-state index is 0.754. The molecular weight excluding hydrogens is 200 g/mol. The van der Waals surface area contributed by atoms with Crippen LogP contribution in [-0.2, 0) is 4.74 Å². The fourth-order valence-electron chi connectivity index (χ4n) is 2.96. The van der Waals surface area contributed by atoms with Crippen molar-refractivity contribution in [1.29, 1.82) is 0 Å². The van der Waals surface area contributed by atoms with Gasteiger partial charge < -0.3 is 15.0 Å². The second-order valence-electron chi connectivity index (χ2n) is 5.35. The van der Waals surface area contributed by atoms with Crippen LogP contribution in [0.5, 0.6) is 0 Å². The molecule has 0 saturated carbocycles. The third-order valence-electron chi connectivity index (χ3n) is 3.99. The standard InChI is InChI=1S/C13H26N2O/c1-15(11-12-4-2-7-14-10-12)13-5-3-8-16-9-6-13/h12-14H,2-11H2,1H3. The van der Waals surface area contributed by atoms with E-state index in [1.54, 1.807) is 0 Å². The van der Waals surface area contributed by atoms with Crippen LogP contribution in [0.3, 0.4) is 0 Å². The van der Waals surface area contributed by atoms with Gasteiger partial charge in [-0.2, -0.15) is 0 Å². The van der Waals surface area contributed by atoms with Gasteiger partial charge in [0.1, 0.15) is 0 Å². The first-order valence-corrected chi connectivity index (χ1v) is 6.85. The van der Waals surface area contributed by atoms with E-state index in [-0.39, 0.29) is 0 Å². The van der Waals surface area contributed by atoms with Crippen molar-refractivity contribution >= 4 is 0 Å². The first kappa shape index (κ1) is 12.3. The van der Waals surface area contributed by atoms with E-state index in [4.69, 9.17) is 4.74 Å². The molecule has 94 valence electrons. The van der Waals surface area contributed by atoms with Crippen LogP contribution in [0.2, 0.25) is 0 Å². The molecule has 3 heteroatoms. The Morgan fingerprint density at radius 1 is 1.19 bits per heavy atom. The summed E-state index contributed by atoms with van der Waals surface area (Å²) >= 11 is 0. The number of rotatable bonds is 3. The lowest BCUT2D eigenvalue weighted by Crippen LogP contribution is -2.41. The molecule has 1 N–H and O–H groups in total. The van der Waals surface area contributed by atoms with E-state index >= 15 is 0 Å². The summed E-state index contributed by atoms with van der Waals surface area (Å²) in [6, 6.07) is 0.754. The van der Waals surface area contributed by atoms with Crippen molar-refractivity contribution in [1.82, 2.24) is 10.2 Å². The lowest BCUT2D eigenvalue weighted by atomic mass is 9.97. The zero-order valence-corrected chi connectivity index (χ0v) is 10.6. The maximum absolute atomic E-state index is 5.53. The zero-order chi connectivity index (χ0) is 11.2. The van der Waals surface area contributed by atoms with E-state index in [9.17, 15) is 0 Å². The molecule has 2 heterocycles. The normalized spacial score (nSPS) is 32.6. The molecule has 0 spiro atoms. The summed E-state index contributed by atoms with van der Waals surface area (Å²) in [5, 5.41) is 3.50. The fourth-order valence-corrected chi connectivity index (χ4v) is 2.96. The lowest BCUT2D eigenvalue weighted by molar-refractivity contribution is 0.129. The van der Waals surface area contributed by atoms with Crippen molar-refractivity contribution in [3.8, 4) is 0 Å². The highest BCUT2D eigenvalue weighted by Gasteiger charge is 2.21. The predicted molar refractivity (Wildman–Crippen MR) is 66.7 cm³/mol. The smallest absolute Gasteiger partial charge is 0.0480 e. The van der Waals surface area contributed by atoms with Gasteiger partial charge >= 0.3 is 0 Å². The molecule has 0 aromatic heterocycles. The highest BCUT2D eigenvalue weighted by molar-refractivity contribution is 4.77. The van der Waals surface area contributed by atoms with Gasteiger partial charge in [0.15, 0.2) is 0 Å². The second kappa shape index (κ2) is 6.58. The van der Waals surface area contributed by atoms with Gasteiger partial charge in [0, 0.05) is 25.8 Å². The van der Waals surface area contributed by atoms with Gasteiger partial charge in [-0.25, -0.2) is 0 Å². The van der Waals surface area contributed by atoms with Crippen molar-refractivity contribution in [2.45, 2.75) is 38.1 Å². The number of hydrogen-bond donors (Lipinski definition) is 1. The Morgan fingerprint density at radius 2 is 2.12 bits per heavy atom. The van der Waals surface area contributed by atoms with Crippen LogP contribution in [0.1, 0.15) is 32.1 Å². The summed E-state index contributed by atoms with van der Waals surface area (Å²) in [5.41, 5.74) is 0. The van der Waals surface area contributed by atoms with Crippen molar-refractivity contribution in [2.75, 3.05) is 39.9 Å². The third-order valence-corrected chi connectivity index (χ3v) is 3.99. The van der Waals surface area contributed by atoms with Gasteiger partial charge in [0.25, 0.3) is 0 Å². The topological polar surface area (TPSA) is 24.5 Å². The van der Waals surface area contributed by atoms with E-state index in [2.05, 4.69) is 17.3 Å². The van der Waals surface area contributed by atoms with Crippen LogP contribution in [0.4, 0.5) is 0 Å². The minimum Gasteiger partial charge on any atom is -0.381 e. The minimum absolute atomic E-state index is 0.754. The van der Waals surface area contributed by atoms with Crippen molar-refractivity contribution in [3.63, 3.8) is 0 Å². The Hall–Kier alpha value is -0.120. The average Bonchev–Trinajstić information content (AvgIpc) is 2.59. The van der Waals surface area contributed by atoms with E-state index in [0.717, 1.165) is 25.2 Å². The molecule has 0 aromatic carbocycles. The number of nitrogens with one attached hydrogen (secondary N) is 1. The lowest BCUT2D eigenvalue weighted by Gasteiger charge is -2.32. The fraction of sp³-hybridized carbons (Fsp3) is 1.00. The van der Waals surface area contributed by atoms with Crippen LogP contribution >= 0.6 is 0 Å². The number of hydrogen-bond acceptors (Lipinski definition) is 3. The number of piperidine rings is 1. The molecule has 0 radical (unpaired) electrons. The summed E-state index contributed by atoms with van der Waals surface area (Å²) in [4.78, 5) is 2.58. The maximum atomic E-state index is 5.53. The molecule has 2 atom stereocenters. The molecule has 16 heavy (non-hydrogen) atoms.